The van der Waals surface area contributed by atoms with Gasteiger partial charge in [0.2, 0.25) is 5.28 Å². The maximum absolute atomic E-state index is 5.87. The number of nitrogens with zero attached hydrogens (tertiary/aromatic N) is 5. The predicted molar refractivity (Wildman–Crippen MR) is 77.8 cm³/mol. The molecule has 0 aliphatic heterocycles. The molecule has 0 unspecified atom stereocenters. The highest BCUT2D eigenvalue weighted by Gasteiger charge is 2.11. The molecule has 0 fully saturated rings. The van der Waals surface area contributed by atoms with Crippen molar-refractivity contribution in [1.29, 1.82) is 0 Å². The lowest BCUT2D eigenvalue weighted by atomic mass is 10.2. The van der Waals surface area contributed by atoms with Gasteiger partial charge in [-0.05, 0) is 30.7 Å². The quantitative estimate of drug-likeness (QED) is 0.743. The fraction of sp³-hybridized carbons (Fsp3) is 0.286. The van der Waals surface area contributed by atoms with Crippen molar-refractivity contribution in [2.75, 3.05) is 0 Å². The van der Waals surface area contributed by atoms with Crippen LogP contribution in [0.3, 0.4) is 0 Å². The summed E-state index contributed by atoms with van der Waals surface area (Å²) in [6.07, 6.45) is 0.778. The second-order valence-corrected chi connectivity index (χ2v) is 4.89. The van der Waals surface area contributed by atoms with Gasteiger partial charge < -0.3 is 0 Å². The van der Waals surface area contributed by atoms with Crippen molar-refractivity contribution in [3.63, 3.8) is 0 Å². The standard InChI is InChI=1S/C14H14ClN5/c1-3-13-18-14(15)19-20(13)8-12-9(2)16-10-6-4-5-7-11(10)17-12/h4-7H,3,8H2,1-2H3. The highest BCUT2D eigenvalue weighted by atomic mass is 35.5. The fourth-order valence-electron chi connectivity index (χ4n) is 2.15. The normalized spacial score (nSPS) is 11.2. The monoisotopic (exact) mass is 287 g/mol. The van der Waals surface area contributed by atoms with Crippen LogP contribution in [0, 0.1) is 6.92 Å². The predicted octanol–water partition coefficient (Wildman–Crippen LogP) is 2.79. The SMILES string of the molecule is CCc1nc(Cl)nn1Cc1nc2ccccc2nc1C. The van der Waals surface area contributed by atoms with Crippen LogP contribution in [-0.4, -0.2) is 24.7 Å². The van der Waals surface area contributed by atoms with Crippen LogP contribution in [0.15, 0.2) is 24.3 Å². The second kappa shape index (κ2) is 5.17. The molecule has 0 N–H and O–H groups in total. The number of aryl methyl sites for hydroxylation is 2. The lowest BCUT2D eigenvalue weighted by Gasteiger charge is -2.08. The Labute approximate surface area is 121 Å². The Kier molecular flexibility index (Phi) is 3.36. The largest absolute Gasteiger partial charge is 0.250 e. The molecule has 2 aromatic heterocycles. The highest BCUT2D eigenvalue weighted by molar-refractivity contribution is 6.28. The molecule has 2 heterocycles. The van der Waals surface area contributed by atoms with E-state index in [9.17, 15) is 0 Å². The van der Waals surface area contributed by atoms with Crippen molar-refractivity contribution in [3.8, 4) is 0 Å². The van der Waals surface area contributed by atoms with E-state index in [1.165, 1.54) is 0 Å². The third kappa shape index (κ3) is 2.36. The number of rotatable bonds is 3. The Morgan fingerprint density at radius 3 is 2.50 bits per heavy atom. The summed E-state index contributed by atoms with van der Waals surface area (Å²) in [6, 6.07) is 7.84. The maximum Gasteiger partial charge on any atom is 0.242 e. The van der Waals surface area contributed by atoms with Crippen LogP contribution in [0.2, 0.25) is 5.28 Å². The number of para-hydroxylation sites is 2. The first-order valence-electron chi connectivity index (χ1n) is 6.49. The zero-order valence-electron chi connectivity index (χ0n) is 11.3. The van der Waals surface area contributed by atoms with Crippen LogP contribution in [-0.2, 0) is 13.0 Å². The lowest BCUT2D eigenvalue weighted by molar-refractivity contribution is 0.629. The summed E-state index contributed by atoms with van der Waals surface area (Å²) in [4.78, 5) is 13.4. The Balaban J connectivity index is 2.03. The van der Waals surface area contributed by atoms with Crippen LogP contribution < -0.4 is 0 Å². The van der Waals surface area contributed by atoms with Crippen LogP contribution in [0.4, 0.5) is 0 Å². The molecule has 0 amide bonds. The summed E-state index contributed by atoms with van der Waals surface area (Å²) in [5, 5.41) is 4.47. The zero-order chi connectivity index (χ0) is 14.1. The van der Waals surface area contributed by atoms with Gasteiger partial charge in [0.1, 0.15) is 5.82 Å². The number of fused-ring (bicyclic) bond motifs is 1. The number of hydrogen-bond acceptors (Lipinski definition) is 4. The van der Waals surface area contributed by atoms with E-state index in [1.54, 1.807) is 4.68 Å². The van der Waals surface area contributed by atoms with Gasteiger partial charge in [0, 0.05) is 6.42 Å². The summed E-state index contributed by atoms with van der Waals surface area (Å²) in [6.45, 7) is 4.52. The molecule has 5 nitrogen and oxygen atoms in total. The van der Waals surface area contributed by atoms with E-state index >= 15 is 0 Å². The summed E-state index contributed by atoms with van der Waals surface area (Å²) < 4.78 is 1.79. The number of hydrogen-bond donors (Lipinski definition) is 0. The Morgan fingerprint density at radius 1 is 1.10 bits per heavy atom. The molecular formula is C14H14ClN5. The van der Waals surface area contributed by atoms with Gasteiger partial charge in [-0.2, -0.15) is 0 Å². The minimum atomic E-state index is 0.272. The fourth-order valence-corrected chi connectivity index (χ4v) is 2.34. The van der Waals surface area contributed by atoms with Crippen LogP contribution in [0.1, 0.15) is 24.1 Å². The van der Waals surface area contributed by atoms with Gasteiger partial charge in [0.25, 0.3) is 0 Å². The molecule has 0 saturated heterocycles. The second-order valence-electron chi connectivity index (χ2n) is 4.55. The molecule has 102 valence electrons. The molecule has 0 bridgehead atoms. The van der Waals surface area contributed by atoms with Crippen molar-refractivity contribution in [2.45, 2.75) is 26.8 Å². The minimum Gasteiger partial charge on any atom is -0.250 e. The van der Waals surface area contributed by atoms with Crippen LogP contribution in [0.25, 0.3) is 11.0 Å². The van der Waals surface area contributed by atoms with E-state index in [2.05, 4.69) is 20.1 Å². The van der Waals surface area contributed by atoms with Gasteiger partial charge >= 0.3 is 0 Å². The summed E-state index contributed by atoms with van der Waals surface area (Å²) in [5.41, 5.74) is 3.58. The van der Waals surface area contributed by atoms with Crippen molar-refractivity contribution < 1.29 is 0 Å². The van der Waals surface area contributed by atoms with Gasteiger partial charge in [-0.1, -0.05) is 19.1 Å². The van der Waals surface area contributed by atoms with E-state index in [-0.39, 0.29) is 5.28 Å². The van der Waals surface area contributed by atoms with E-state index in [0.717, 1.165) is 34.7 Å². The number of halogens is 1. The summed E-state index contributed by atoms with van der Waals surface area (Å²) >= 11 is 5.87. The molecule has 0 atom stereocenters. The van der Waals surface area contributed by atoms with E-state index in [0.29, 0.717) is 6.54 Å². The van der Waals surface area contributed by atoms with Gasteiger partial charge in [-0.25, -0.2) is 19.6 Å². The Bertz CT molecular complexity index is 765. The van der Waals surface area contributed by atoms with Crippen molar-refractivity contribution in [1.82, 2.24) is 24.7 Å². The Morgan fingerprint density at radius 2 is 1.80 bits per heavy atom. The molecule has 0 radical (unpaired) electrons. The first-order chi connectivity index (χ1) is 9.67. The van der Waals surface area contributed by atoms with Crippen molar-refractivity contribution in [2.24, 2.45) is 0 Å². The molecule has 3 rings (SSSR count). The molecule has 0 spiro atoms. The number of benzene rings is 1. The average molecular weight is 288 g/mol. The molecular weight excluding hydrogens is 274 g/mol. The third-order valence-electron chi connectivity index (χ3n) is 3.18. The zero-order valence-corrected chi connectivity index (χ0v) is 12.1. The smallest absolute Gasteiger partial charge is 0.242 e. The van der Waals surface area contributed by atoms with Crippen LogP contribution in [0.5, 0.6) is 0 Å². The summed E-state index contributed by atoms with van der Waals surface area (Å²) in [5.74, 6) is 0.851. The first kappa shape index (κ1) is 13.0. The molecule has 6 heteroatoms. The summed E-state index contributed by atoms with van der Waals surface area (Å²) in [7, 11) is 0. The molecule has 0 aliphatic carbocycles. The van der Waals surface area contributed by atoms with Gasteiger partial charge in [0.05, 0.1) is 29.0 Å². The maximum atomic E-state index is 5.87. The molecule has 20 heavy (non-hydrogen) atoms. The Hall–Kier alpha value is -2.01. The van der Waals surface area contributed by atoms with E-state index < -0.39 is 0 Å². The topological polar surface area (TPSA) is 56.5 Å². The average Bonchev–Trinajstić information content (AvgIpc) is 2.79. The first-order valence-corrected chi connectivity index (χ1v) is 6.86. The lowest BCUT2D eigenvalue weighted by Crippen LogP contribution is -2.10. The molecule has 0 saturated carbocycles. The van der Waals surface area contributed by atoms with Gasteiger partial charge in [0.15, 0.2) is 0 Å². The molecule has 1 aromatic carbocycles. The van der Waals surface area contributed by atoms with Gasteiger partial charge in [-0.15, -0.1) is 5.10 Å². The van der Waals surface area contributed by atoms with Crippen molar-refractivity contribution >= 4 is 22.6 Å². The molecule has 3 aromatic rings. The minimum absolute atomic E-state index is 0.272. The number of aromatic nitrogens is 5. The van der Waals surface area contributed by atoms with E-state index in [1.807, 2.05) is 38.1 Å². The van der Waals surface area contributed by atoms with Crippen molar-refractivity contribution in [3.05, 3.63) is 46.8 Å². The van der Waals surface area contributed by atoms with E-state index in [4.69, 9.17) is 11.6 Å². The van der Waals surface area contributed by atoms with Crippen LogP contribution >= 0.6 is 11.6 Å². The third-order valence-corrected chi connectivity index (χ3v) is 3.34. The van der Waals surface area contributed by atoms with Gasteiger partial charge in [-0.3, -0.25) is 0 Å². The highest BCUT2D eigenvalue weighted by Crippen LogP contribution is 2.14. The molecule has 0 aliphatic rings.